The highest BCUT2D eigenvalue weighted by Gasteiger charge is 2.38. The van der Waals surface area contributed by atoms with Gasteiger partial charge in [-0.1, -0.05) is 109 Å². The number of nitrogens with zero attached hydrogens (tertiary/aromatic N) is 7. The molecule has 0 unspecified atom stereocenters. The summed E-state index contributed by atoms with van der Waals surface area (Å²) in [6, 6.07) is 56.0. The Labute approximate surface area is 306 Å². The Balaban J connectivity index is 1.32. The number of para-hydroxylation sites is 6. The average molecular weight is 706 g/mol. The van der Waals surface area contributed by atoms with E-state index in [1.165, 1.54) is 0 Å². The van der Waals surface area contributed by atoms with Crippen LogP contribution in [0.25, 0.3) is 21.8 Å². The predicted octanol–water partition coefficient (Wildman–Crippen LogP) is 10.1. The molecule has 0 saturated heterocycles. The third-order valence-electron chi connectivity index (χ3n) is 9.19. The minimum atomic E-state index is -4.00. The first-order valence-corrected chi connectivity index (χ1v) is 18.9. The summed E-state index contributed by atoms with van der Waals surface area (Å²) in [7, 11) is -4.00. The van der Waals surface area contributed by atoms with Crippen molar-refractivity contribution in [3.8, 4) is 0 Å². The van der Waals surface area contributed by atoms with E-state index < -0.39 is 7.29 Å². The van der Waals surface area contributed by atoms with E-state index >= 15 is 4.57 Å². The van der Waals surface area contributed by atoms with E-state index in [0.717, 1.165) is 44.6 Å². The van der Waals surface area contributed by atoms with Crippen molar-refractivity contribution in [2.75, 3.05) is 9.80 Å². The molecule has 9 aromatic rings. The summed E-state index contributed by atoms with van der Waals surface area (Å²) in [5, 5.41) is 1.95. The van der Waals surface area contributed by atoms with Gasteiger partial charge in [0.2, 0.25) is 0 Å². The maximum atomic E-state index is 16.7. The highest BCUT2D eigenvalue weighted by atomic mass is 31.2. The van der Waals surface area contributed by atoms with Crippen molar-refractivity contribution in [1.82, 2.24) is 24.3 Å². The third kappa shape index (κ3) is 5.72. The van der Waals surface area contributed by atoms with Crippen LogP contribution in [0.2, 0.25) is 0 Å². The molecule has 254 valence electrons. The standard InChI is InChI=1S/C44H32N7OP/c52-53(51-39-27-15-13-25-37(39)38-26-14-16-28-40(38)51,43-31-45-29-41(47-43)49(33-17-5-1-6-18-33)34-19-7-2-8-20-34)44-32-46-30-42(48-44)50(35-21-9-3-10-22-35)36-23-11-4-12-24-36/h1-32H. The molecule has 8 nitrogen and oxygen atoms in total. The molecule has 0 radical (unpaired) electrons. The van der Waals surface area contributed by atoms with Gasteiger partial charge in [0.25, 0.3) is 7.29 Å². The van der Waals surface area contributed by atoms with Crippen LogP contribution in [0.1, 0.15) is 0 Å². The van der Waals surface area contributed by atoms with Crippen molar-refractivity contribution in [1.29, 1.82) is 0 Å². The van der Waals surface area contributed by atoms with Gasteiger partial charge in [-0.2, -0.15) is 0 Å². The summed E-state index contributed by atoms with van der Waals surface area (Å²) in [6.07, 6.45) is 6.60. The van der Waals surface area contributed by atoms with Crippen molar-refractivity contribution in [3.05, 3.63) is 195 Å². The number of aromatic nitrogens is 5. The Bertz CT molecular complexity index is 2460. The van der Waals surface area contributed by atoms with E-state index in [1.54, 1.807) is 24.8 Å². The highest BCUT2D eigenvalue weighted by Crippen LogP contribution is 2.51. The smallest absolute Gasteiger partial charge is 0.272 e. The lowest BCUT2D eigenvalue weighted by atomic mass is 10.2. The molecule has 9 rings (SSSR count). The summed E-state index contributed by atoms with van der Waals surface area (Å²) >= 11 is 0. The van der Waals surface area contributed by atoms with Crippen LogP contribution in [0.15, 0.2) is 195 Å². The lowest BCUT2D eigenvalue weighted by Crippen LogP contribution is -2.29. The average Bonchev–Trinajstić information content (AvgIpc) is 3.58. The van der Waals surface area contributed by atoms with Gasteiger partial charge in [0, 0.05) is 33.5 Å². The van der Waals surface area contributed by atoms with Gasteiger partial charge in [-0.05, 0) is 60.7 Å². The molecule has 3 heterocycles. The van der Waals surface area contributed by atoms with Gasteiger partial charge < -0.3 is 0 Å². The summed E-state index contributed by atoms with van der Waals surface area (Å²) in [5.74, 6) is 1.03. The van der Waals surface area contributed by atoms with Gasteiger partial charge in [0.05, 0.1) is 35.8 Å². The zero-order chi connectivity index (χ0) is 35.6. The molecule has 0 aliphatic carbocycles. The highest BCUT2D eigenvalue weighted by molar-refractivity contribution is 7.77. The molecule has 3 aromatic heterocycles. The molecule has 0 bridgehead atoms. The molecule has 0 N–H and O–H groups in total. The first-order chi connectivity index (χ1) is 26.2. The SMILES string of the molecule is O=P(c1cncc(N(c2ccccc2)c2ccccc2)n1)(c1cncc(N(c2ccccc2)c2ccccc2)n1)n1c2ccccc2c2ccccc21. The lowest BCUT2D eigenvalue weighted by Gasteiger charge is -2.27. The van der Waals surface area contributed by atoms with Crippen LogP contribution >= 0.6 is 7.29 Å². The molecule has 0 saturated carbocycles. The molecule has 53 heavy (non-hydrogen) atoms. The maximum Gasteiger partial charge on any atom is 0.272 e. The van der Waals surface area contributed by atoms with E-state index in [4.69, 9.17) is 19.9 Å². The van der Waals surface area contributed by atoms with Crippen LogP contribution in [0.5, 0.6) is 0 Å². The van der Waals surface area contributed by atoms with E-state index in [9.17, 15) is 0 Å². The number of hydrogen-bond donors (Lipinski definition) is 0. The topological polar surface area (TPSA) is 80.0 Å². The van der Waals surface area contributed by atoms with Gasteiger partial charge in [-0.25, -0.2) is 9.97 Å². The second kappa shape index (κ2) is 13.7. The quantitative estimate of drug-likeness (QED) is 0.138. The molecule has 0 fully saturated rings. The van der Waals surface area contributed by atoms with Crippen LogP contribution in [0.3, 0.4) is 0 Å². The first-order valence-electron chi connectivity index (χ1n) is 17.2. The molecule has 6 aromatic carbocycles. The fourth-order valence-electron chi connectivity index (χ4n) is 6.86. The first kappa shape index (κ1) is 32.0. The Morgan fingerprint density at radius 1 is 0.396 bits per heavy atom. The molecular formula is C44H32N7OP. The molecule has 9 heteroatoms. The number of benzene rings is 6. The van der Waals surface area contributed by atoms with Crippen molar-refractivity contribution in [2.45, 2.75) is 0 Å². The molecule has 0 aliphatic rings. The Morgan fingerprint density at radius 2 is 0.717 bits per heavy atom. The Kier molecular flexibility index (Phi) is 8.27. The number of fused-ring (bicyclic) bond motifs is 3. The lowest BCUT2D eigenvalue weighted by molar-refractivity contribution is 0.582. The van der Waals surface area contributed by atoms with E-state index in [2.05, 4.69) is 12.1 Å². The van der Waals surface area contributed by atoms with Crippen LogP contribution in [0.4, 0.5) is 34.4 Å². The molecule has 0 amide bonds. The van der Waals surface area contributed by atoms with Crippen molar-refractivity contribution >= 4 is 74.4 Å². The van der Waals surface area contributed by atoms with Gasteiger partial charge in [0.15, 0.2) is 11.6 Å². The summed E-state index contributed by atoms with van der Waals surface area (Å²) in [4.78, 5) is 23.9. The van der Waals surface area contributed by atoms with Crippen molar-refractivity contribution < 1.29 is 4.57 Å². The third-order valence-corrected chi connectivity index (χ3v) is 11.9. The predicted molar refractivity (Wildman–Crippen MR) is 215 cm³/mol. The zero-order valence-corrected chi connectivity index (χ0v) is 29.4. The molecule has 0 atom stereocenters. The van der Waals surface area contributed by atoms with Crippen LogP contribution in [-0.2, 0) is 4.57 Å². The molecular weight excluding hydrogens is 674 g/mol. The minimum Gasteiger partial charge on any atom is -0.294 e. The van der Waals surface area contributed by atoms with E-state index in [0.29, 0.717) is 11.6 Å². The van der Waals surface area contributed by atoms with Gasteiger partial charge in [0.1, 0.15) is 10.9 Å². The number of rotatable bonds is 9. The monoisotopic (exact) mass is 705 g/mol. The van der Waals surface area contributed by atoms with Crippen LogP contribution < -0.4 is 20.7 Å². The van der Waals surface area contributed by atoms with Crippen molar-refractivity contribution in [2.24, 2.45) is 0 Å². The van der Waals surface area contributed by atoms with Gasteiger partial charge in [-0.15, -0.1) is 0 Å². The van der Waals surface area contributed by atoms with Crippen LogP contribution in [0, 0.1) is 0 Å². The summed E-state index contributed by atoms with van der Waals surface area (Å²) in [6.45, 7) is 0. The van der Waals surface area contributed by atoms with Gasteiger partial charge in [-0.3, -0.25) is 28.7 Å². The Morgan fingerprint density at radius 3 is 1.08 bits per heavy atom. The maximum absolute atomic E-state index is 16.7. The fourth-order valence-corrected chi connectivity index (χ4v) is 9.38. The van der Waals surface area contributed by atoms with E-state index in [1.807, 2.05) is 172 Å². The zero-order valence-electron chi connectivity index (χ0n) is 28.5. The summed E-state index contributed by atoms with van der Waals surface area (Å²) in [5.41, 5.74) is 5.69. The second-order valence-electron chi connectivity index (χ2n) is 12.4. The number of anilines is 6. The van der Waals surface area contributed by atoms with E-state index in [-0.39, 0.29) is 10.9 Å². The number of hydrogen-bond acceptors (Lipinski definition) is 7. The normalized spacial score (nSPS) is 11.5. The van der Waals surface area contributed by atoms with Gasteiger partial charge >= 0.3 is 0 Å². The minimum absolute atomic E-state index is 0.274. The largest absolute Gasteiger partial charge is 0.294 e. The second-order valence-corrected chi connectivity index (χ2v) is 14.9. The molecule has 0 aliphatic heterocycles. The van der Waals surface area contributed by atoms with Crippen molar-refractivity contribution in [3.63, 3.8) is 0 Å². The summed E-state index contributed by atoms with van der Waals surface area (Å²) < 4.78 is 18.6. The molecule has 0 spiro atoms. The van der Waals surface area contributed by atoms with Crippen LogP contribution in [-0.4, -0.2) is 24.3 Å². The fraction of sp³-hybridized carbons (Fsp3) is 0. The Hall–Kier alpha value is -6.89.